The van der Waals surface area contributed by atoms with Gasteiger partial charge >= 0.3 is 0 Å². The summed E-state index contributed by atoms with van der Waals surface area (Å²) in [4.78, 5) is 9.02. The van der Waals surface area contributed by atoms with Gasteiger partial charge in [0, 0.05) is 23.1 Å². The highest BCUT2D eigenvalue weighted by molar-refractivity contribution is 5.62. The van der Waals surface area contributed by atoms with Crippen LogP contribution < -0.4 is 10.6 Å². The topological polar surface area (TPSA) is 49.8 Å². The highest BCUT2D eigenvalue weighted by Crippen LogP contribution is 2.22. The summed E-state index contributed by atoms with van der Waals surface area (Å²) in [5.74, 6) is 1.38. The van der Waals surface area contributed by atoms with Crippen molar-refractivity contribution in [2.24, 2.45) is 0 Å². The van der Waals surface area contributed by atoms with Crippen LogP contribution in [0.3, 0.4) is 0 Å². The van der Waals surface area contributed by atoms with Crippen molar-refractivity contribution in [2.45, 2.75) is 20.3 Å². The van der Waals surface area contributed by atoms with Crippen molar-refractivity contribution >= 4 is 23.1 Å². The van der Waals surface area contributed by atoms with E-state index in [1.165, 1.54) is 5.56 Å². The van der Waals surface area contributed by atoms with E-state index in [-0.39, 0.29) is 0 Å². The lowest BCUT2D eigenvalue weighted by atomic mass is 10.1. The van der Waals surface area contributed by atoms with E-state index in [1.54, 1.807) is 0 Å². The molecular weight excluding hydrogens is 284 g/mol. The van der Waals surface area contributed by atoms with Crippen LogP contribution in [-0.4, -0.2) is 9.97 Å². The Morgan fingerprint density at radius 2 is 1.61 bits per heavy atom. The van der Waals surface area contributed by atoms with Crippen LogP contribution in [0.15, 0.2) is 60.7 Å². The molecule has 0 aliphatic heterocycles. The third-order valence-corrected chi connectivity index (χ3v) is 3.55. The lowest BCUT2D eigenvalue weighted by Crippen LogP contribution is -2.03. The van der Waals surface area contributed by atoms with Gasteiger partial charge in [-0.1, -0.05) is 43.3 Å². The van der Waals surface area contributed by atoms with Crippen LogP contribution in [0.1, 0.15) is 18.2 Å². The van der Waals surface area contributed by atoms with Crippen molar-refractivity contribution in [1.29, 1.82) is 0 Å². The van der Waals surface area contributed by atoms with E-state index in [2.05, 4.69) is 45.7 Å². The van der Waals surface area contributed by atoms with Crippen molar-refractivity contribution in [2.75, 3.05) is 10.6 Å². The summed E-state index contributed by atoms with van der Waals surface area (Å²) >= 11 is 0. The SMILES string of the molecule is CCc1ccccc1Nc1cc(C)nc(Nc2ccccc2)n1. The molecule has 0 radical (unpaired) electrons. The number of para-hydroxylation sites is 2. The number of nitrogens with zero attached hydrogens (tertiary/aromatic N) is 2. The van der Waals surface area contributed by atoms with Gasteiger partial charge in [0.25, 0.3) is 0 Å². The van der Waals surface area contributed by atoms with Crippen LogP contribution in [0.4, 0.5) is 23.1 Å². The molecule has 0 unspecified atom stereocenters. The molecule has 1 aromatic heterocycles. The predicted molar refractivity (Wildman–Crippen MR) is 95.6 cm³/mol. The summed E-state index contributed by atoms with van der Waals surface area (Å²) in [6.07, 6.45) is 0.975. The molecule has 0 saturated carbocycles. The van der Waals surface area contributed by atoms with E-state index in [9.17, 15) is 0 Å². The molecule has 0 bridgehead atoms. The minimum atomic E-state index is 0.590. The number of benzene rings is 2. The summed E-state index contributed by atoms with van der Waals surface area (Å²) in [5.41, 5.74) is 4.23. The van der Waals surface area contributed by atoms with Crippen molar-refractivity contribution in [1.82, 2.24) is 9.97 Å². The maximum Gasteiger partial charge on any atom is 0.229 e. The molecule has 0 amide bonds. The number of hydrogen-bond donors (Lipinski definition) is 2. The molecule has 0 saturated heterocycles. The zero-order valence-corrected chi connectivity index (χ0v) is 13.4. The Balaban J connectivity index is 1.86. The van der Waals surface area contributed by atoms with Gasteiger partial charge in [0.1, 0.15) is 5.82 Å². The van der Waals surface area contributed by atoms with Gasteiger partial charge in [-0.2, -0.15) is 4.98 Å². The van der Waals surface area contributed by atoms with Crippen molar-refractivity contribution in [3.05, 3.63) is 71.9 Å². The van der Waals surface area contributed by atoms with Crippen LogP contribution in [0.5, 0.6) is 0 Å². The molecule has 0 aliphatic carbocycles. The van der Waals surface area contributed by atoms with Crippen molar-refractivity contribution < 1.29 is 0 Å². The molecule has 3 aromatic rings. The van der Waals surface area contributed by atoms with Crippen LogP contribution in [0, 0.1) is 6.92 Å². The Bertz CT molecular complexity index is 784. The standard InChI is InChI=1S/C19H20N4/c1-3-15-9-7-8-12-17(15)22-18-13-14(2)20-19(23-18)21-16-10-5-4-6-11-16/h4-13H,3H2,1-2H3,(H2,20,21,22,23). The quantitative estimate of drug-likeness (QED) is 0.708. The normalized spacial score (nSPS) is 10.3. The average Bonchev–Trinajstić information content (AvgIpc) is 2.56. The summed E-state index contributed by atoms with van der Waals surface area (Å²) in [7, 11) is 0. The summed E-state index contributed by atoms with van der Waals surface area (Å²) in [6.45, 7) is 4.11. The maximum atomic E-state index is 4.57. The number of aromatic nitrogens is 2. The molecule has 0 aliphatic rings. The molecule has 4 heteroatoms. The second-order valence-corrected chi connectivity index (χ2v) is 5.34. The second kappa shape index (κ2) is 6.92. The molecule has 116 valence electrons. The molecule has 4 nitrogen and oxygen atoms in total. The van der Waals surface area contributed by atoms with Gasteiger partial charge in [0.05, 0.1) is 0 Å². The highest BCUT2D eigenvalue weighted by atomic mass is 15.1. The van der Waals surface area contributed by atoms with E-state index in [1.807, 2.05) is 49.4 Å². The first-order valence-electron chi connectivity index (χ1n) is 7.77. The van der Waals surface area contributed by atoms with Crippen molar-refractivity contribution in [3.63, 3.8) is 0 Å². The number of hydrogen-bond acceptors (Lipinski definition) is 4. The van der Waals surface area contributed by atoms with Gasteiger partial charge in [-0.15, -0.1) is 0 Å². The van der Waals surface area contributed by atoms with Crippen LogP contribution in [-0.2, 0) is 6.42 Å². The third-order valence-electron chi connectivity index (χ3n) is 3.55. The third kappa shape index (κ3) is 3.86. The monoisotopic (exact) mass is 304 g/mol. The van der Waals surface area contributed by atoms with E-state index in [4.69, 9.17) is 0 Å². The van der Waals surface area contributed by atoms with Crippen molar-refractivity contribution in [3.8, 4) is 0 Å². The second-order valence-electron chi connectivity index (χ2n) is 5.34. The first-order chi connectivity index (χ1) is 11.2. The Labute approximate surface area is 136 Å². The minimum absolute atomic E-state index is 0.590. The number of anilines is 4. The first kappa shape index (κ1) is 15.0. The van der Waals surface area contributed by atoms with Gasteiger partial charge in [-0.25, -0.2) is 4.98 Å². The smallest absolute Gasteiger partial charge is 0.229 e. The molecule has 2 aromatic carbocycles. The lowest BCUT2D eigenvalue weighted by Gasteiger charge is -2.12. The highest BCUT2D eigenvalue weighted by Gasteiger charge is 2.05. The van der Waals surface area contributed by atoms with E-state index < -0.39 is 0 Å². The Morgan fingerprint density at radius 1 is 0.870 bits per heavy atom. The molecule has 2 N–H and O–H groups in total. The maximum absolute atomic E-state index is 4.57. The summed E-state index contributed by atoms with van der Waals surface area (Å²) in [6, 6.07) is 20.1. The fraction of sp³-hybridized carbons (Fsp3) is 0.158. The van der Waals surface area contributed by atoms with E-state index >= 15 is 0 Å². The van der Waals surface area contributed by atoms with Crippen LogP contribution in [0.25, 0.3) is 0 Å². The zero-order chi connectivity index (χ0) is 16.1. The number of aryl methyl sites for hydroxylation is 2. The fourth-order valence-corrected chi connectivity index (χ4v) is 2.43. The molecule has 23 heavy (non-hydrogen) atoms. The zero-order valence-electron chi connectivity index (χ0n) is 13.4. The Morgan fingerprint density at radius 3 is 2.39 bits per heavy atom. The Hall–Kier alpha value is -2.88. The fourth-order valence-electron chi connectivity index (χ4n) is 2.43. The largest absolute Gasteiger partial charge is 0.340 e. The van der Waals surface area contributed by atoms with Crippen LogP contribution in [0.2, 0.25) is 0 Å². The molecule has 0 fully saturated rings. The van der Waals surface area contributed by atoms with Gasteiger partial charge in [0.2, 0.25) is 5.95 Å². The number of nitrogens with one attached hydrogen (secondary N) is 2. The molecular formula is C19H20N4. The number of rotatable bonds is 5. The van der Waals surface area contributed by atoms with Gasteiger partial charge in [-0.3, -0.25) is 0 Å². The van der Waals surface area contributed by atoms with Gasteiger partial charge in [-0.05, 0) is 37.1 Å². The minimum Gasteiger partial charge on any atom is -0.340 e. The van der Waals surface area contributed by atoms with Gasteiger partial charge < -0.3 is 10.6 Å². The van der Waals surface area contributed by atoms with E-state index in [0.29, 0.717) is 5.95 Å². The molecule has 1 heterocycles. The molecule has 0 spiro atoms. The first-order valence-corrected chi connectivity index (χ1v) is 7.77. The summed E-state index contributed by atoms with van der Waals surface area (Å²) < 4.78 is 0. The van der Waals surface area contributed by atoms with E-state index in [0.717, 1.165) is 29.3 Å². The average molecular weight is 304 g/mol. The molecule has 0 atom stereocenters. The van der Waals surface area contributed by atoms with Crippen LogP contribution >= 0.6 is 0 Å². The predicted octanol–water partition coefficient (Wildman–Crippen LogP) is 4.83. The molecule has 3 rings (SSSR count). The lowest BCUT2D eigenvalue weighted by molar-refractivity contribution is 1.10. The Kier molecular flexibility index (Phi) is 4.52. The summed E-state index contributed by atoms with van der Waals surface area (Å²) in [5, 5.41) is 6.64. The van der Waals surface area contributed by atoms with Gasteiger partial charge in [0.15, 0.2) is 0 Å².